The van der Waals surface area contributed by atoms with E-state index in [1.807, 2.05) is 0 Å². The van der Waals surface area contributed by atoms with Crippen LogP contribution in [0.4, 0.5) is 0 Å². The Hall–Kier alpha value is -0.690. The van der Waals surface area contributed by atoms with Crippen LogP contribution in [0.3, 0.4) is 0 Å². The fraction of sp³-hybridized carbons (Fsp3) is 0.947. The highest BCUT2D eigenvalue weighted by Crippen LogP contribution is 2.16. The van der Waals surface area contributed by atoms with Gasteiger partial charge in [0.1, 0.15) is 37.9 Å². The van der Waals surface area contributed by atoms with Crippen molar-refractivity contribution in [2.45, 2.75) is 90.4 Å². The summed E-state index contributed by atoms with van der Waals surface area (Å²) in [5.41, 5.74) is 0. The lowest BCUT2D eigenvalue weighted by molar-refractivity contribution is -0.936. The Balaban J connectivity index is 4.21. The first-order valence-electron chi connectivity index (χ1n) is 9.78. The smallest absolute Gasteiger partial charge is 0.303 e. The SMILES string of the molecule is CC(O)C[N+](CCCCCCCCCC(=O)O)(CC(C)O)CC(C)O. The van der Waals surface area contributed by atoms with Gasteiger partial charge in [-0.05, 0) is 40.0 Å². The summed E-state index contributed by atoms with van der Waals surface area (Å²) in [4.78, 5) is 10.4. The Labute approximate surface area is 153 Å². The quantitative estimate of drug-likeness (QED) is 0.249. The molecule has 3 atom stereocenters. The molecule has 0 aromatic carbocycles. The number of carboxylic acids is 1. The summed E-state index contributed by atoms with van der Waals surface area (Å²) < 4.78 is 0.547. The molecule has 0 bridgehead atoms. The van der Waals surface area contributed by atoms with E-state index in [0.717, 1.165) is 51.5 Å². The van der Waals surface area contributed by atoms with E-state index in [1.165, 1.54) is 0 Å². The highest BCUT2D eigenvalue weighted by Gasteiger charge is 2.31. The summed E-state index contributed by atoms with van der Waals surface area (Å²) in [5.74, 6) is -0.719. The van der Waals surface area contributed by atoms with Crippen molar-refractivity contribution in [3.8, 4) is 0 Å². The van der Waals surface area contributed by atoms with Crippen molar-refractivity contribution < 1.29 is 29.7 Å². The van der Waals surface area contributed by atoms with Gasteiger partial charge in [-0.2, -0.15) is 0 Å². The Bertz CT molecular complexity index is 318. The molecule has 0 saturated carbocycles. The molecule has 0 amide bonds. The lowest BCUT2D eigenvalue weighted by Crippen LogP contribution is -2.58. The molecule has 150 valence electrons. The minimum absolute atomic E-state index is 0.262. The van der Waals surface area contributed by atoms with Crippen LogP contribution in [-0.2, 0) is 4.79 Å². The summed E-state index contributed by atoms with van der Waals surface area (Å²) in [7, 11) is 0. The maximum absolute atomic E-state index is 10.4. The lowest BCUT2D eigenvalue weighted by Gasteiger charge is -2.41. The molecule has 6 heteroatoms. The van der Waals surface area contributed by atoms with E-state index in [9.17, 15) is 20.1 Å². The fourth-order valence-electron chi connectivity index (χ4n) is 3.79. The van der Waals surface area contributed by atoms with Crippen LogP contribution in [-0.4, -0.2) is 75.4 Å². The minimum Gasteiger partial charge on any atom is -0.481 e. The highest BCUT2D eigenvalue weighted by atomic mass is 16.4. The lowest BCUT2D eigenvalue weighted by atomic mass is 10.1. The van der Waals surface area contributed by atoms with E-state index >= 15 is 0 Å². The van der Waals surface area contributed by atoms with E-state index in [-0.39, 0.29) is 6.42 Å². The van der Waals surface area contributed by atoms with Gasteiger partial charge in [0.05, 0.1) is 6.54 Å². The molecule has 0 rings (SSSR count). The first kappa shape index (κ1) is 24.3. The molecule has 0 spiro atoms. The zero-order valence-corrected chi connectivity index (χ0v) is 16.4. The van der Waals surface area contributed by atoms with Gasteiger partial charge in [0.2, 0.25) is 0 Å². The normalized spacial score (nSPS) is 17.7. The molecular formula is C19H40NO5+. The van der Waals surface area contributed by atoms with E-state index in [0.29, 0.717) is 24.1 Å². The number of rotatable bonds is 16. The van der Waals surface area contributed by atoms with Crippen LogP contribution in [0.2, 0.25) is 0 Å². The Morgan fingerprint density at radius 1 is 0.720 bits per heavy atom. The topological polar surface area (TPSA) is 98.0 Å². The number of aliphatic carboxylic acids is 1. The van der Waals surface area contributed by atoms with Crippen molar-refractivity contribution in [2.75, 3.05) is 26.2 Å². The minimum atomic E-state index is -0.719. The van der Waals surface area contributed by atoms with Gasteiger partial charge in [0, 0.05) is 6.42 Å². The average Bonchev–Trinajstić information content (AvgIpc) is 2.42. The maximum Gasteiger partial charge on any atom is 0.303 e. The monoisotopic (exact) mass is 362 g/mol. The molecule has 0 aromatic rings. The van der Waals surface area contributed by atoms with Crippen LogP contribution >= 0.6 is 0 Å². The van der Waals surface area contributed by atoms with Gasteiger partial charge in [0.15, 0.2) is 0 Å². The molecule has 0 aliphatic heterocycles. The number of carboxylic acid groups (broad SMARTS) is 1. The number of carbonyl (C=O) groups is 1. The molecule has 0 aliphatic carbocycles. The van der Waals surface area contributed by atoms with Gasteiger partial charge in [-0.15, -0.1) is 0 Å². The summed E-state index contributed by atoms with van der Waals surface area (Å²) >= 11 is 0. The van der Waals surface area contributed by atoms with Gasteiger partial charge < -0.3 is 24.9 Å². The summed E-state index contributed by atoms with van der Waals surface area (Å²) in [6, 6.07) is 0. The van der Waals surface area contributed by atoms with E-state index < -0.39 is 24.3 Å². The van der Waals surface area contributed by atoms with Crippen LogP contribution < -0.4 is 0 Å². The molecule has 0 aromatic heterocycles. The number of unbranched alkanes of at least 4 members (excludes halogenated alkanes) is 6. The van der Waals surface area contributed by atoms with Crippen molar-refractivity contribution in [3.05, 3.63) is 0 Å². The second kappa shape index (κ2) is 13.5. The second-order valence-electron chi connectivity index (χ2n) is 7.78. The zero-order chi connectivity index (χ0) is 19.3. The fourth-order valence-corrected chi connectivity index (χ4v) is 3.79. The van der Waals surface area contributed by atoms with E-state index in [4.69, 9.17) is 5.11 Å². The van der Waals surface area contributed by atoms with Crippen LogP contribution in [0.15, 0.2) is 0 Å². The summed E-state index contributed by atoms with van der Waals surface area (Å²) in [6.45, 7) is 7.76. The van der Waals surface area contributed by atoms with Gasteiger partial charge in [-0.25, -0.2) is 0 Å². The average molecular weight is 363 g/mol. The molecule has 4 N–H and O–H groups in total. The number of aliphatic hydroxyl groups excluding tert-OH is 3. The third kappa shape index (κ3) is 14.2. The van der Waals surface area contributed by atoms with Crippen LogP contribution in [0.25, 0.3) is 0 Å². The van der Waals surface area contributed by atoms with Crippen molar-refractivity contribution >= 4 is 5.97 Å². The third-order valence-electron chi connectivity index (χ3n) is 4.48. The molecule has 6 nitrogen and oxygen atoms in total. The van der Waals surface area contributed by atoms with Gasteiger partial charge in [-0.1, -0.05) is 25.7 Å². The first-order valence-corrected chi connectivity index (χ1v) is 9.78. The summed E-state index contributed by atoms with van der Waals surface area (Å²) in [5, 5.41) is 38.2. The van der Waals surface area contributed by atoms with E-state index in [2.05, 4.69) is 0 Å². The Morgan fingerprint density at radius 2 is 1.08 bits per heavy atom. The number of aliphatic hydroxyl groups is 3. The first-order chi connectivity index (χ1) is 11.7. The van der Waals surface area contributed by atoms with Crippen LogP contribution in [0, 0.1) is 0 Å². The van der Waals surface area contributed by atoms with Gasteiger partial charge in [-0.3, -0.25) is 4.79 Å². The van der Waals surface area contributed by atoms with Crippen LogP contribution in [0.1, 0.15) is 72.1 Å². The number of quaternary nitrogens is 1. The number of nitrogens with zero attached hydrogens (tertiary/aromatic N) is 1. The molecular weight excluding hydrogens is 322 g/mol. The van der Waals surface area contributed by atoms with Crippen molar-refractivity contribution in [2.24, 2.45) is 0 Å². The molecule has 0 aliphatic rings. The number of hydrogen-bond acceptors (Lipinski definition) is 4. The molecule has 25 heavy (non-hydrogen) atoms. The predicted octanol–water partition coefficient (Wildman–Crippen LogP) is 2.15. The largest absolute Gasteiger partial charge is 0.481 e. The standard InChI is InChI=1S/C19H39NO5/c1-16(21)13-20(14-17(2)22,15-18(3)23)12-10-8-6-4-5-7-9-11-19(24)25/h16-18,21-23H,4-15H2,1-3H3/p+1. The van der Waals surface area contributed by atoms with Crippen LogP contribution in [0.5, 0.6) is 0 Å². The van der Waals surface area contributed by atoms with Gasteiger partial charge in [0.25, 0.3) is 0 Å². The Morgan fingerprint density at radius 3 is 1.44 bits per heavy atom. The van der Waals surface area contributed by atoms with Gasteiger partial charge >= 0.3 is 5.97 Å². The molecule has 0 fully saturated rings. The predicted molar refractivity (Wildman–Crippen MR) is 99.3 cm³/mol. The molecule has 0 saturated heterocycles. The molecule has 0 radical (unpaired) electrons. The van der Waals surface area contributed by atoms with Crippen molar-refractivity contribution in [1.82, 2.24) is 0 Å². The Kier molecular flexibility index (Phi) is 13.1. The number of hydrogen-bond donors (Lipinski definition) is 4. The second-order valence-corrected chi connectivity index (χ2v) is 7.78. The third-order valence-corrected chi connectivity index (χ3v) is 4.48. The van der Waals surface area contributed by atoms with E-state index in [1.54, 1.807) is 20.8 Å². The van der Waals surface area contributed by atoms with Crippen molar-refractivity contribution in [1.29, 1.82) is 0 Å². The maximum atomic E-state index is 10.4. The summed E-state index contributed by atoms with van der Waals surface area (Å²) in [6.07, 6.45) is 5.98. The molecule has 3 unspecified atom stereocenters. The molecule has 0 heterocycles. The highest BCUT2D eigenvalue weighted by molar-refractivity contribution is 5.66. The van der Waals surface area contributed by atoms with Crippen molar-refractivity contribution in [3.63, 3.8) is 0 Å². The zero-order valence-electron chi connectivity index (χ0n) is 16.4.